The van der Waals surface area contributed by atoms with Gasteiger partial charge >= 0.3 is 0 Å². The summed E-state index contributed by atoms with van der Waals surface area (Å²) >= 11 is 0. The molecule has 2 rings (SSSR count). The van der Waals surface area contributed by atoms with E-state index in [2.05, 4.69) is 44.3 Å². The highest BCUT2D eigenvalue weighted by atomic mass is 13.9. The van der Waals surface area contributed by atoms with Crippen molar-refractivity contribution in [1.29, 1.82) is 0 Å². The third-order valence-electron chi connectivity index (χ3n) is 2.63. The second-order valence-corrected chi connectivity index (χ2v) is 3.92. The third kappa shape index (κ3) is 4.84. The average Bonchev–Trinajstić information content (AvgIpc) is 2.48. The van der Waals surface area contributed by atoms with Crippen LogP contribution < -0.4 is 0 Å². The summed E-state index contributed by atoms with van der Waals surface area (Å²) < 4.78 is 0. The first-order valence-corrected chi connectivity index (χ1v) is 6.19. The summed E-state index contributed by atoms with van der Waals surface area (Å²) in [5.74, 6) is 0. The van der Waals surface area contributed by atoms with E-state index < -0.39 is 0 Å². The van der Waals surface area contributed by atoms with E-state index in [0.29, 0.717) is 0 Å². The fourth-order valence-corrected chi connectivity index (χ4v) is 1.53. The molecule has 2 aromatic carbocycles. The van der Waals surface area contributed by atoms with Gasteiger partial charge in [-0.05, 0) is 23.1 Å². The van der Waals surface area contributed by atoms with Gasteiger partial charge in [-0.3, -0.25) is 0 Å². The van der Waals surface area contributed by atoms with Crippen LogP contribution in [0, 0.1) is 0 Å². The van der Waals surface area contributed by atoms with Crippen molar-refractivity contribution in [3.05, 3.63) is 84.4 Å². The van der Waals surface area contributed by atoms with Crippen LogP contribution in [0.4, 0.5) is 0 Å². The quantitative estimate of drug-likeness (QED) is 0.685. The maximum absolute atomic E-state index is 3.71. The van der Waals surface area contributed by atoms with Gasteiger partial charge in [0.1, 0.15) is 0 Å². The second-order valence-electron chi connectivity index (χ2n) is 3.92. The van der Waals surface area contributed by atoms with Gasteiger partial charge in [-0.15, -0.1) is 0 Å². The highest BCUT2D eigenvalue weighted by molar-refractivity contribution is 5.47. The summed E-state index contributed by atoms with van der Waals surface area (Å²) in [7, 11) is 0. The molecule has 0 spiro atoms. The van der Waals surface area contributed by atoms with Gasteiger partial charge in [-0.1, -0.05) is 86.8 Å². The number of rotatable bonds is 3. The number of hydrogen-bond acceptors (Lipinski definition) is 0. The Morgan fingerprint density at radius 1 is 0.833 bits per heavy atom. The minimum absolute atomic E-state index is 1.10. The second kappa shape index (κ2) is 8.08. The van der Waals surface area contributed by atoms with Crippen molar-refractivity contribution in [2.45, 2.75) is 13.3 Å². The van der Waals surface area contributed by atoms with Crippen molar-refractivity contribution in [2.75, 3.05) is 0 Å². The van der Waals surface area contributed by atoms with Gasteiger partial charge in [0.25, 0.3) is 0 Å². The smallest absolute Gasteiger partial charge is 0.0260 e. The summed E-state index contributed by atoms with van der Waals surface area (Å²) in [6.07, 6.45) is 4.81. The Labute approximate surface area is 110 Å². The Bertz CT molecular complexity index is 480. The normalized spacial score (nSPS) is 8.94. The standard InChI is InChI=1S/C10H12.C8H8/c1-3-9-6-5-7-10(4-2)8-9;1-2-8-6-4-3-5-7-8/h3,5-8H,1,4H2,2H3;2-7H,1H2. The largest absolute Gasteiger partial charge is 0.0985 e. The lowest BCUT2D eigenvalue weighted by Crippen LogP contribution is -1.79. The van der Waals surface area contributed by atoms with Crippen LogP contribution in [0.5, 0.6) is 0 Å². The number of aryl methyl sites for hydroxylation is 1. The number of benzene rings is 2. The fraction of sp³-hybridized carbons (Fsp3) is 0.111. The van der Waals surface area contributed by atoms with Crippen molar-refractivity contribution in [3.63, 3.8) is 0 Å². The molecular formula is C18H20. The first kappa shape index (κ1) is 14.0. The molecule has 0 heterocycles. The Morgan fingerprint density at radius 2 is 1.44 bits per heavy atom. The Morgan fingerprint density at radius 3 is 1.94 bits per heavy atom. The predicted octanol–water partition coefficient (Wildman–Crippen LogP) is 5.22. The predicted molar refractivity (Wildman–Crippen MR) is 82.4 cm³/mol. The van der Waals surface area contributed by atoms with E-state index in [1.165, 1.54) is 16.7 Å². The fourth-order valence-electron chi connectivity index (χ4n) is 1.53. The van der Waals surface area contributed by atoms with Crippen LogP contribution in [0.1, 0.15) is 23.6 Å². The molecule has 0 heteroatoms. The lowest BCUT2D eigenvalue weighted by atomic mass is 10.1. The molecule has 0 fully saturated rings. The van der Waals surface area contributed by atoms with Crippen molar-refractivity contribution in [2.24, 2.45) is 0 Å². The topological polar surface area (TPSA) is 0 Å². The molecular weight excluding hydrogens is 216 g/mol. The molecule has 2 aromatic rings. The van der Waals surface area contributed by atoms with E-state index in [1.54, 1.807) is 0 Å². The van der Waals surface area contributed by atoms with Crippen LogP contribution in [-0.2, 0) is 6.42 Å². The van der Waals surface area contributed by atoms with E-state index in [9.17, 15) is 0 Å². The zero-order chi connectivity index (χ0) is 13.2. The molecule has 0 unspecified atom stereocenters. The molecule has 0 saturated carbocycles. The molecule has 0 radical (unpaired) electrons. The molecule has 0 aromatic heterocycles. The molecule has 0 aliphatic rings. The summed E-state index contributed by atoms with van der Waals surface area (Å²) in [4.78, 5) is 0. The Kier molecular flexibility index (Phi) is 6.27. The van der Waals surface area contributed by atoms with Crippen LogP contribution in [0.15, 0.2) is 67.8 Å². The molecule has 0 aliphatic heterocycles. The van der Waals surface area contributed by atoms with E-state index in [4.69, 9.17) is 0 Å². The molecule has 0 aliphatic carbocycles. The zero-order valence-electron chi connectivity index (χ0n) is 11.0. The Balaban J connectivity index is 0.000000184. The highest BCUT2D eigenvalue weighted by Gasteiger charge is 1.87. The summed E-state index contributed by atoms with van der Waals surface area (Å²) in [6.45, 7) is 9.49. The van der Waals surface area contributed by atoms with Crippen LogP contribution in [0.3, 0.4) is 0 Å². The first-order chi connectivity index (χ1) is 8.80. The zero-order valence-corrected chi connectivity index (χ0v) is 11.0. The molecule has 0 atom stereocenters. The van der Waals surface area contributed by atoms with Crippen LogP contribution in [-0.4, -0.2) is 0 Å². The maximum Gasteiger partial charge on any atom is -0.0260 e. The molecule has 0 N–H and O–H groups in total. The van der Waals surface area contributed by atoms with Crippen molar-refractivity contribution in [1.82, 2.24) is 0 Å². The highest BCUT2D eigenvalue weighted by Crippen LogP contribution is 2.06. The number of hydrogen-bond donors (Lipinski definition) is 0. The van der Waals surface area contributed by atoms with Gasteiger partial charge in [-0.25, -0.2) is 0 Å². The van der Waals surface area contributed by atoms with E-state index in [1.807, 2.05) is 42.5 Å². The lowest BCUT2D eigenvalue weighted by Gasteiger charge is -1.96. The first-order valence-electron chi connectivity index (χ1n) is 6.19. The van der Waals surface area contributed by atoms with Gasteiger partial charge in [0.2, 0.25) is 0 Å². The van der Waals surface area contributed by atoms with Gasteiger partial charge in [0, 0.05) is 0 Å². The monoisotopic (exact) mass is 236 g/mol. The molecule has 18 heavy (non-hydrogen) atoms. The molecule has 0 nitrogen and oxygen atoms in total. The molecule has 92 valence electrons. The third-order valence-corrected chi connectivity index (χ3v) is 2.63. The molecule has 0 bridgehead atoms. The molecule has 0 saturated heterocycles. The van der Waals surface area contributed by atoms with E-state index in [-0.39, 0.29) is 0 Å². The van der Waals surface area contributed by atoms with Crippen molar-refractivity contribution < 1.29 is 0 Å². The molecule has 0 amide bonds. The van der Waals surface area contributed by atoms with Crippen molar-refractivity contribution in [3.8, 4) is 0 Å². The maximum atomic E-state index is 3.71. The van der Waals surface area contributed by atoms with E-state index >= 15 is 0 Å². The van der Waals surface area contributed by atoms with Crippen LogP contribution in [0.25, 0.3) is 12.2 Å². The Hall–Kier alpha value is -2.08. The SMILES string of the molecule is C=Cc1cccc(CC)c1.C=Cc1ccccc1. The van der Waals surface area contributed by atoms with Gasteiger partial charge in [-0.2, -0.15) is 0 Å². The summed E-state index contributed by atoms with van der Waals surface area (Å²) in [5.41, 5.74) is 3.75. The summed E-state index contributed by atoms with van der Waals surface area (Å²) in [6, 6.07) is 18.4. The van der Waals surface area contributed by atoms with Gasteiger partial charge in [0.15, 0.2) is 0 Å². The van der Waals surface area contributed by atoms with Gasteiger partial charge in [0.05, 0.1) is 0 Å². The summed E-state index contributed by atoms with van der Waals surface area (Å²) in [5, 5.41) is 0. The average molecular weight is 236 g/mol. The van der Waals surface area contributed by atoms with Crippen LogP contribution in [0.2, 0.25) is 0 Å². The van der Waals surface area contributed by atoms with Crippen LogP contribution >= 0.6 is 0 Å². The van der Waals surface area contributed by atoms with E-state index in [0.717, 1.165) is 6.42 Å². The minimum Gasteiger partial charge on any atom is -0.0985 e. The minimum atomic E-state index is 1.10. The van der Waals surface area contributed by atoms with Gasteiger partial charge < -0.3 is 0 Å². The lowest BCUT2D eigenvalue weighted by molar-refractivity contribution is 1.14. The van der Waals surface area contributed by atoms with Crippen molar-refractivity contribution >= 4 is 12.2 Å².